The molecule has 1 heterocycles. The van der Waals surface area contributed by atoms with Crippen LogP contribution in [0.2, 0.25) is 0 Å². The van der Waals surface area contributed by atoms with Gasteiger partial charge >= 0.3 is 6.09 Å². The summed E-state index contributed by atoms with van der Waals surface area (Å²) in [6, 6.07) is 17.6. The number of carbonyl (C=O) groups excluding carboxylic acids is 2. The highest BCUT2D eigenvalue weighted by molar-refractivity contribution is 5.94. The highest BCUT2D eigenvalue weighted by atomic mass is 16.6. The van der Waals surface area contributed by atoms with Gasteiger partial charge in [0, 0.05) is 11.8 Å². The third-order valence-electron chi connectivity index (χ3n) is 5.43. The van der Waals surface area contributed by atoms with Crippen molar-refractivity contribution in [2.75, 3.05) is 0 Å². The molecule has 4 nitrogen and oxygen atoms in total. The average molecular weight is 335 g/mol. The van der Waals surface area contributed by atoms with E-state index in [9.17, 15) is 9.59 Å². The van der Waals surface area contributed by atoms with Crippen LogP contribution in [0.25, 0.3) is 0 Å². The maximum atomic E-state index is 12.8. The van der Waals surface area contributed by atoms with E-state index < -0.39 is 6.09 Å². The Balaban J connectivity index is 1.59. The Hall–Kier alpha value is -2.62. The minimum absolute atomic E-state index is 0.165. The minimum Gasteiger partial charge on any atom is -0.439 e. The molecular weight excluding hydrogens is 314 g/mol. The van der Waals surface area contributed by atoms with Gasteiger partial charge in [0.2, 0.25) is 5.91 Å². The van der Waals surface area contributed by atoms with Crippen molar-refractivity contribution < 1.29 is 14.3 Å². The third kappa shape index (κ3) is 2.44. The van der Waals surface area contributed by atoms with Gasteiger partial charge in [0.1, 0.15) is 0 Å². The quantitative estimate of drug-likeness (QED) is 0.852. The van der Waals surface area contributed by atoms with Crippen LogP contribution in [-0.2, 0) is 21.4 Å². The van der Waals surface area contributed by atoms with Crippen molar-refractivity contribution in [1.29, 1.82) is 0 Å². The predicted octanol–water partition coefficient (Wildman–Crippen LogP) is 4.00. The molecule has 0 aromatic heterocycles. The molecule has 0 saturated carbocycles. The van der Waals surface area contributed by atoms with Crippen LogP contribution in [0, 0.1) is 0 Å². The monoisotopic (exact) mass is 335 g/mol. The van der Waals surface area contributed by atoms with Gasteiger partial charge in [-0.15, -0.1) is 0 Å². The molecule has 4 heteroatoms. The normalized spacial score (nSPS) is 23.1. The van der Waals surface area contributed by atoms with Gasteiger partial charge in [0.15, 0.2) is 6.10 Å². The van der Waals surface area contributed by atoms with Crippen molar-refractivity contribution >= 4 is 12.0 Å². The van der Waals surface area contributed by atoms with Crippen molar-refractivity contribution in [3.8, 4) is 0 Å². The molecule has 0 bridgehead atoms. The van der Waals surface area contributed by atoms with Gasteiger partial charge in [0.05, 0.1) is 6.04 Å². The molecule has 2 aliphatic rings. The van der Waals surface area contributed by atoms with Gasteiger partial charge in [0.25, 0.3) is 0 Å². The first-order valence-corrected chi connectivity index (χ1v) is 8.66. The van der Waals surface area contributed by atoms with Crippen LogP contribution < -0.4 is 0 Å². The molecule has 25 heavy (non-hydrogen) atoms. The van der Waals surface area contributed by atoms with Crippen molar-refractivity contribution in [3.05, 3.63) is 71.3 Å². The largest absolute Gasteiger partial charge is 0.439 e. The van der Waals surface area contributed by atoms with E-state index in [0.29, 0.717) is 12.8 Å². The van der Waals surface area contributed by atoms with Crippen LogP contribution >= 0.6 is 0 Å². The average Bonchev–Trinajstić information content (AvgIpc) is 3.07. The molecule has 0 unspecified atom stereocenters. The maximum Gasteiger partial charge on any atom is 0.417 e. The molecule has 128 valence electrons. The minimum atomic E-state index is -0.518. The lowest BCUT2D eigenvalue weighted by Crippen LogP contribution is -2.47. The second-order valence-corrected chi connectivity index (χ2v) is 7.31. The number of aryl methyl sites for hydroxylation is 1. The fourth-order valence-electron chi connectivity index (χ4n) is 4.18. The van der Waals surface area contributed by atoms with Gasteiger partial charge in [-0.25, -0.2) is 9.69 Å². The molecule has 0 spiro atoms. The maximum absolute atomic E-state index is 12.8. The summed E-state index contributed by atoms with van der Waals surface area (Å²) in [6.07, 6.45) is 0.0400. The number of nitrogens with zero attached hydrogens (tertiary/aromatic N) is 1. The van der Waals surface area contributed by atoms with Gasteiger partial charge in [-0.3, -0.25) is 4.79 Å². The standard InChI is InChI=1S/C21H21NO3/c1-21(2)16-11-7-6-10-15(16)18-19(21)22(20(24)25-18)17(23)13-12-14-8-4-3-5-9-14/h3-11,18-19H,12-13H2,1-2H3/t18-,19-/m1/s1. The molecule has 0 N–H and O–H groups in total. The van der Waals surface area contributed by atoms with Crippen LogP contribution in [0.15, 0.2) is 54.6 Å². The lowest BCUT2D eigenvalue weighted by Gasteiger charge is -2.31. The summed E-state index contributed by atoms with van der Waals surface area (Å²) < 4.78 is 5.60. The van der Waals surface area contributed by atoms with E-state index >= 15 is 0 Å². The van der Waals surface area contributed by atoms with E-state index in [-0.39, 0.29) is 23.5 Å². The summed E-state index contributed by atoms with van der Waals surface area (Å²) in [5.74, 6) is -0.165. The smallest absolute Gasteiger partial charge is 0.417 e. The number of ether oxygens (including phenoxy) is 1. The summed E-state index contributed by atoms with van der Waals surface area (Å²) in [6.45, 7) is 4.16. The molecule has 2 atom stereocenters. The van der Waals surface area contributed by atoms with Crippen molar-refractivity contribution in [3.63, 3.8) is 0 Å². The molecule has 1 aliphatic carbocycles. The van der Waals surface area contributed by atoms with E-state index in [1.807, 2.05) is 48.5 Å². The number of imide groups is 1. The molecule has 2 amide bonds. The Morgan fingerprint density at radius 3 is 2.52 bits per heavy atom. The number of fused-ring (bicyclic) bond motifs is 3. The first kappa shape index (κ1) is 15.9. The molecule has 2 aromatic rings. The molecule has 1 fully saturated rings. The summed E-state index contributed by atoms with van der Waals surface area (Å²) >= 11 is 0. The zero-order valence-corrected chi connectivity index (χ0v) is 14.4. The van der Waals surface area contributed by atoms with E-state index in [1.54, 1.807) is 0 Å². The summed E-state index contributed by atoms with van der Waals surface area (Å²) in [5, 5.41) is 0. The second kappa shape index (κ2) is 5.73. The first-order chi connectivity index (χ1) is 12.0. The van der Waals surface area contributed by atoms with E-state index in [1.165, 1.54) is 4.90 Å². The lowest BCUT2D eigenvalue weighted by molar-refractivity contribution is -0.130. The van der Waals surface area contributed by atoms with Gasteiger partial charge in [-0.05, 0) is 23.1 Å². The second-order valence-electron chi connectivity index (χ2n) is 7.31. The fourth-order valence-corrected chi connectivity index (χ4v) is 4.18. The summed E-state index contributed by atoms with van der Waals surface area (Å²) in [4.78, 5) is 26.6. The zero-order valence-electron chi connectivity index (χ0n) is 14.4. The van der Waals surface area contributed by atoms with E-state index in [2.05, 4.69) is 19.9 Å². The molecule has 4 rings (SSSR count). The number of carbonyl (C=O) groups is 2. The van der Waals surface area contributed by atoms with Gasteiger partial charge < -0.3 is 4.74 Å². The van der Waals surface area contributed by atoms with Crippen LogP contribution in [0.5, 0.6) is 0 Å². The van der Waals surface area contributed by atoms with Crippen molar-refractivity contribution in [1.82, 2.24) is 4.90 Å². The van der Waals surface area contributed by atoms with Crippen molar-refractivity contribution in [2.45, 2.75) is 44.2 Å². The Labute approximate surface area is 147 Å². The van der Waals surface area contributed by atoms with E-state index in [4.69, 9.17) is 4.74 Å². The van der Waals surface area contributed by atoms with Crippen LogP contribution in [0.4, 0.5) is 4.79 Å². The van der Waals surface area contributed by atoms with Crippen LogP contribution in [-0.4, -0.2) is 22.9 Å². The third-order valence-corrected chi connectivity index (χ3v) is 5.43. The number of benzene rings is 2. The first-order valence-electron chi connectivity index (χ1n) is 8.66. The number of rotatable bonds is 3. The number of amides is 2. The highest BCUT2D eigenvalue weighted by Crippen LogP contribution is 2.52. The molecular formula is C21H21NO3. The Bertz CT molecular complexity index is 828. The Morgan fingerprint density at radius 2 is 1.76 bits per heavy atom. The summed E-state index contributed by atoms with van der Waals surface area (Å²) in [7, 11) is 0. The molecule has 2 aromatic carbocycles. The zero-order chi connectivity index (χ0) is 17.6. The number of hydrogen-bond acceptors (Lipinski definition) is 3. The fraction of sp³-hybridized carbons (Fsp3) is 0.333. The Morgan fingerprint density at radius 1 is 1.08 bits per heavy atom. The topological polar surface area (TPSA) is 46.6 Å². The molecule has 0 radical (unpaired) electrons. The number of hydrogen-bond donors (Lipinski definition) is 0. The molecule has 1 aliphatic heterocycles. The van der Waals surface area contributed by atoms with Gasteiger partial charge in [-0.2, -0.15) is 0 Å². The Kier molecular flexibility index (Phi) is 3.64. The van der Waals surface area contributed by atoms with Crippen molar-refractivity contribution in [2.24, 2.45) is 0 Å². The van der Waals surface area contributed by atoms with Crippen LogP contribution in [0.1, 0.15) is 43.1 Å². The highest BCUT2D eigenvalue weighted by Gasteiger charge is 2.58. The van der Waals surface area contributed by atoms with Crippen LogP contribution in [0.3, 0.4) is 0 Å². The van der Waals surface area contributed by atoms with E-state index in [0.717, 1.165) is 16.7 Å². The molecule has 1 saturated heterocycles. The lowest BCUT2D eigenvalue weighted by atomic mass is 9.82. The summed E-state index contributed by atoms with van der Waals surface area (Å²) in [5.41, 5.74) is 2.94. The SMILES string of the molecule is CC1(C)c2ccccc2[C@H]2OC(=O)N(C(=O)CCc3ccccc3)[C@H]21. The predicted molar refractivity (Wildman–Crippen MR) is 94.1 cm³/mol. The van der Waals surface area contributed by atoms with Gasteiger partial charge in [-0.1, -0.05) is 68.4 Å².